The van der Waals surface area contributed by atoms with Crippen LogP contribution in [-0.2, 0) is 6.18 Å². The molecule has 3 aliphatic carbocycles. The maximum Gasteiger partial charge on any atom is 0.433 e. The molecule has 1 aromatic rings. The summed E-state index contributed by atoms with van der Waals surface area (Å²) < 4.78 is 38.8. The molecule has 0 bridgehead atoms. The molecule has 7 heteroatoms. The van der Waals surface area contributed by atoms with E-state index in [4.69, 9.17) is 0 Å². The summed E-state index contributed by atoms with van der Waals surface area (Å²) in [5.74, 6) is 2.56. The fraction of sp³-hybridized carbons (Fsp3) is 0.680. The quantitative estimate of drug-likeness (QED) is 0.419. The second kappa shape index (κ2) is 9.40. The third-order valence-corrected chi connectivity index (χ3v) is 8.99. The number of carbonyl (C=O) groups excluding carboxylic acids is 1. The van der Waals surface area contributed by atoms with Crippen molar-refractivity contribution in [3.05, 3.63) is 41.7 Å². The van der Waals surface area contributed by atoms with E-state index in [2.05, 4.69) is 28.6 Å². The van der Waals surface area contributed by atoms with E-state index in [0.717, 1.165) is 50.0 Å². The van der Waals surface area contributed by atoms with Gasteiger partial charge in [-0.05, 0) is 87.0 Å². The van der Waals surface area contributed by atoms with Crippen LogP contribution in [0, 0.1) is 24.2 Å². The van der Waals surface area contributed by atoms with Gasteiger partial charge in [-0.3, -0.25) is 4.79 Å². The molecule has 0 aromatic carbocycles. The number of rotatable bonds is 9. The maximum atomic E-state index is 13.0. The Balaban J connectivity index is 1.45. The molecule has 0 saturated heterocycles. The molecule has 1 atom stereocenters. The van der Waals surface area contributed by atoms with E-state index < -0.39 is 11.9 Å². The molecule has 176 valence electrons. The molecule has 1 N–H and O–H groups in total. The first kappa shape index (κ1) is 23.7. The van der Waals surface area contributed by atoms with Crippen LogP contribution in [0.15, 0.2) is 24.8 Å². The zero-order valence-electron chi connectivity index (χ0n) is 18.7. The lowest BCUT2D eigenvalue weighted by Crippen LogP contribution is -2.49. The Morgan fingerprint density at radius 3 is 2.41 bits per heavy atom. The molecule has 0 spiro atoms. The smallest absolute Gasteiger partial charge is 0.345 e. The summed E-state index contributed by atoms with van der Waals surface area (Å²) >= 11 is 2.13. The third kappa shape index (κ3) is 5.70. The monoisotopic (exact) mass is 466 g/mol. The average molecular weight is 467 g/mol. The van der Waals surface area contributed by atoms with Gasteiger partial charge in [0, 0.05) is 5.25 Å². The lowest BCUT2D eigenvalue weighted by molar-refractivity contribution is -0.141. The molecule has 1 unspecified atom stereocenters. The van der Waals surface area contributed by atoms with Crippen molar-refractivity contribution in [3.63, 3.8) is 0 Å². The summed E-state index contributed by atoms with van der Waals surface area (Å²) in [4.78, 5) is 16.7. The predicted octanol–water partition coefficient (Wildman–Crippen LogP) is 6.57. The van der Waals surface area contributed by atoms with Crippen LogP contribution in [0.5, 0.6) is 0 Å². The van der Waals surface area contributed by atoms with Gasteiger partial charge >= 0.3 is 6.18 Å². The first-order valence-electron chi connectivity index (χ1n) is 11.8. The Labute approximate surface area is 193 Å². The predicted molar refractivity (Wildman–Crippen MR) is 123 cm³/mol. The van der Waals surface area contributed by atoms with E-state index in [1.54, 1.807) is 0 Å². The van der Waals surface area contributed by atoms with Gasteiger partial charge in [0.2, 0.25) is 0 Å². The largest absolute Gasteiger partial charge is 0.433 e. The second-order valence-electron chi connectivity index (χ2n) is 10.00. The minimum atomic E-state index is -4.52. The standard InChI is InChI=1S/C25H33F3N2OS/c1-3-21(30-23(31)20-8-9-22(25(26,27)28)29-16(20)2)24(14-17-4-5-17)12-10-19(11-13-24)32-15-18-6-7-18/h3,8-9,17-19,21H,1,4-7,10-15H2,2H3,(H,30,31)/t19-,21?,24+. The van der Waals surface area contributed by atoms with Crippen LogP contribution in [0.1, 0.15) is 79.5 Å². The number of nitrogens with one attached hydrogen (secondary N) is 1. The van der Waals surface area contributed by atoms with Crippen LogP contribution in [0.25, 0.3) is 0 Å². The summed E-state index contributed by atoms with van der Waals surface area (Å²) in [6, 6.07) is 1.93. The second-order valence-corrected chi connectivity index (χ2v) is 11.3. The summed E-state index contributed by atoms with van der Waals surface area (Å²) in [6.45, 7) is 5.48. The first-order chi connectivity index (χ1) is 15.2. The number of amides is 1. The number of aryl methyl sites for hydroxylation is 1. The topological polar surface area (TPSA) is 42.0 Å². The molecule has 1 heterocycles. The summed E-state index contributed by atoms with van der Waals surface area (Å²) in [5, 5.41) is 3.82. The molecule has 3 saturated carbocycles. The lowest BCUT2D eigenvalue weighted by atomic mass is 9.65. The molecule has 32 heavy (non-hydrogen) atoms. The molecule has 4 rings (SSSR count). The van der Waals surface area contributed by atoms with Crippen molar-refractivity contribution in [2.45, 2.75) is 82.2 Å². The van der Waals surface area contributed by atoms with Crippen LogP contribution < -0.4 is 5.32 Å². The fourth-order valence-electron chi connectivity index (χ4n) is 5.07. The molecule has 0 aliphatic heterocycles. The van der Waals surface area contributed by atoms with Gasteiger partial charge in [-0.1, -0.05) is 18.9 Å². The van der Waals surface area contributed by atoms with Gasteiger partial charge in [-0.2, -0.15) is 24.9 Å². The van der Waals surface area contributed by atoms with E-state index in [0.29, 0.717) is 5.25 Å². The van der Waals surface area contributed by atoms with Crippen LogP contribution in [0.3, 0.4) is 0 Å². The number of hydrogen-bond donors (Lipinski definition) is 1. The average Bonchev–Trinajstić information content (AvgIpc) is 3.66. The molecule has 1 amide bonds. The zero-order chi connectivity index (χ0) is 22.9. The SMILES string of the molecule is C=CC(NC(=O)c1ccc(C(F)(F)F)nc1C)[C@]1(CC2CC2)CC[C@H](SCC2CC2)CC1. The Bertz CT molecular complexity index is 840. The van der Waals surface area contributed by atoms with E-state index in [-0.39, 0.29) is 28.6 Å². The highest BCUT2D eigenvalue weighted by molar-refractivity contribution is 7.99. The molecular weight excluding hydrogens is 433 g/mol. The summed E-state index contributed by atoms with van der Waals surface area (Å²) in [5.41, 5.74) is -0.696. The molecule has 1 aromatic heterocycles. The van der Waals surface area contributed by atoms with Gasteiger partial charge < -0.3 is 5.32 Å². The van der Waals surface area contributed by atoms with E-state index in [1.807, 2.05) is 6.08 Å². The van der Waals surface area contributed by atoms with E-state index in [1.165, 1.54) is 44.4 Å². The van der Waals surface area contributed by atoms with Crippen LogP contribution in [0.4, 0.5) is 13.2 Å². The number of halogens is 3. The Hall–Kier alpha value is -1.50. The number of aromatic nitrogens is 1. The van der Waals surface area contributed by atoms with Crippen molar-refractivity contribution in [2.24, 2.45) is 17.3 Å². The van der Waals surface area contributed by atoms with Crippen molar-refractivity contribution in [1.29, 1.82) is 0 Å². The van der Waals surface area contributed by atoms with Crippen LogP contribution in [-0.4, -0.2) is 27.9 Å². The lowest BCUT2D eigenvalue weighted by Gasteiger charge is -2.45. The molecular formula is C25H33F3N2OS. The number of hydrogen-bond acceptors (Lipinski definition) is 3. The first-order valence-corrected chi connectivity index (χ1v) is 12.8. The highest BCUT2D eigenvalue weighted by Crippen LogP contribution is 2.52. The van der Waals surface area contributed by atoms with E-state index >= 15 is 0 Å². The highest BCUT2D eigenvalue weighted by Gasteiger charge is 2.45. The zero-order valence-corrected chi connectivity index (χ0v) is 19.5. The number of thioether (sulfide) groups is 1. The van der Waals surface area contributed by atoms with E-state index in [9.17, 15) is 18.0 Å². The summed E-state index contributed by atoms with van der Waals surface area (Å²) in [7, 11) is 0. The van der Waals surface area contributed by atoms with Gasteiger partial charge in [0.1, 0.15) is 5.69 Å². The molecule has 0 radical (unpaired) electrons. The van der Waals surface area contributed by atoms with Gasteiger partial charge in [0.05, 0.1) is 17.3 Å². The van der Waals surface area contributed by atoms with Crippen LogP contribution in [0.2, 0.25) is 0 Å². The minimum Gasteiger partial charge on any atom is -0.345 e. The summed E-state index contributed by atoms with van der Waals surface area (Å²) in [6.07, 6.45) is 8.12. The third-order valence-electron chi connectivity index (χ3n) is 7.39. The minimum absolute atomic E-state index is 0.0114. The van der Waals surface area contributed by atoms with Gasteiger partial charge in [0.25, 0.3) is 5.91 Å². The van der Waals surface area contributed by atoms with Crippen molar-refractivity contribution >= 4 is 17.7 Å². The number of pyridine rings is 1. The Morgan fingerprint density at radius 2 is 1.88 bits per heavy atom. The van der Waals surface area contributed by atoms with Crippen molar-refractivity contribution in [2.75, 3.05) is 5.75 Å². The van der Waals surface area contributed by atoms with Gasteiger partial charge in [-0.15, -0.1) is 6.58 Å². The van der Waals surface area contributed by atoms with Crippen molar-refractivity contribution < 1.29 is 18.0 Å². The van der Waals surface area contributed by atoms with Crippen LogP contribution >= 0.6 is 11.8 Å². The number of alkyl halides is 3. The van der Waals surface area contributed by atoms with Crippen molar-refractivity contribution in [1.82, 2.24) is 10.3 Å². The molecule has 3 fully saturated rings. The Kier molecular flexibility index (Phi) is 6.94. The normalized spacial score (nSPS) is 27.1. The molecule has 3 aliphatic rings. The van der Waals surface area contributed by atoms with Gasteiger partial charge in [-0.25, -0.2) is 4.98 Å². The fourth-order valence-corrected chi connectivity index (χ4v) is 6.52. The number of nitrogens with zero attached hydrogens (tertiary/aromatic N) is 1. The Morgan fingerprint density at radius 1 is 1.22 bits per heavy atom. The van der Waals surface area contributed by atoms with Crippen molar-refractivity contribution in [3.8, 4) is 0 Å². The van der Waals surface area contributed by atoms with Gasteiger partial charge in [0.15, 0.2) is 0 Å². The molecule has 3 nitrogen and oxygen atoms in total. The highest BCUT2D eigenvalue weighted by atomic mass is 32.2. The number of carbonyl (C=O) groups is 1. The maximum absolute atomic E-state index is 13.0.